The Morgan fingerprint density at radius 1 is 0.414 bits per heavy atom. The van der Waals surface area contributed by atoms with Gasteiger partial charge in [0, 0.05) is 94.8 Å². The lowest BCUT2D eigenvalue weighted by molar-refractivity contribution is -0.142. The van der Waals surface area contributed by atoms with E-state index in [1.165, 1.54) is 43.7 Å². The average molecular weight is 1610 g/mol. The maximum atomic E-state index is 15.0. The number of para-hydroxylation sites is 2. The molecule has 6 rings (SSSR count). The van der Waals surface area contributed by atoms with Crippen molar-refractivity contribution in [2.45, 2.75) is 172 Å². The highest BCUT2D eigenvalue weighted by atomic mass is 32.1. The van der Waals surface area contributed by atoms with Crippen LogP contribution in [0.4, 0.5) is 0 Å². The number of carboxylic acid groups (broad SMARTS) is 2. The van der Waals surface area contributed by atoms with Crippen LogP contribution < -0.4 is 69.5 Å². The number of imidazole rings is 1. The zero-order valence-electron chi connectivity index (χ0n) is 62.1. The van der Waals surface area contributed by atoms with E-state index < -0.39 is 185 Å². The Morgan fingerprint density at radius 2 is 0.802 bits per heavy atom. The molecule has 0 aliphatic heterocycles. The first-order chi connectivity index (χ1) is 52.6. The van der Waals surface area contributed by atoms with Gasteiger partial charge in [-0.3, -0.25) is 62.3 Å². The van der Waals surface area contributed by atoms with Crippen molar-refractivity contribution in [1.82, 2.24) is 83.7 Å². The first-order valence-electron chi connectivity index (χ1n) is 35.8. The van der Waals surface area contributed by atoms with Gasteiger partial charge in [0.1, 0.15) is 78.3 Å². The molecule has 3 aromatic heterocycles. The van der Waals surface area contributed by atoms with Gasteiger partial charge < -0.3 is 99.8 Å². The fraction of sp³-hybridized carbons (Fsp3) is 0.466. The first kappa shape index (κ1) is 89.6. The number of hydrogen-bond acceptors (Lipinski definition) is 21. The van der Waals surface area contributed by atoms with Crippen LogP contribution in [-0.2, 0) is 92.8 Å². The number of phenolic OH excluding ortho intramolecular Hbond substituents is 1. The van der Waals surface area contributed by atoms with E-state index in [1.54, 1.807) is 88.6 Å². The molecule has 0 aliphatic carbocycles. The number of carbonyl (C=O) groups excluding carboxylic acids is 12. The van der Waals surface area contributed by atoms with Crippen LogP contribution in [-0.4, -0.2) is 220 Å². The van der Waals surface area contributed by atoms with Crippen molar-refractivity contribution in [2.24, 2.45) is 23.5 Å². The highest BCUT2D eigenvalue weighted by Crippen LogP contribution is 2.23. The predicted octanol–water partition coefficient (Wildman–Crippen LogP) is -0.460. The molecule has 3 aromatic carbocycles. The Morgan fingerprint density at radius 3 is 1.23 bits per heavy atom. The van der Waals surface area contributed by atoms with Crippen molar-refractivity contribution >= 4 is 155 Å². The number of fused-ring (bicyclic) bond motifs is 2. The molecule has 0 bridgehead atoms. The second-order valence-electron chi connectivity index (χ2n) is 27.9. The third-order valence-corrected chi connectivity index (χ3v) is 19.2. The van der Waals surface area contributed by atoms with Crippen LogP contribution in [0, 0.1) is 17.8 Å². The van der Waals surface area contributed by atoms with Gasteiger partial charge in [-0.25, -0.2) is 9.78 Å². The quantitative estimate of drug-likeness (QED) is 0.0215. The summed E-state index contributed by atoms with van der Waals surface area (Å²) in [5, 5.41) is 61.9. The molecule has 12 amide bonds. The highest BCUT2D eigenvalue weighted by Gasteiger charge is 2.39. The van der Waals surface area contributed by atoms with Crippen LogP contribution in [0.25, 0.3) is 21.8 Å². The normalized spacial score (nSPS) is 14.9. The van der Waals surface area contributed by atoms with Crippen molar-refractivity contribution in [3.63, 3.8) is 0 Å². The second kappa shape index (κ2) is 43.3. The molecule has 0 saturated carbocycles. The van der Waals surface area contributed by atoms with E-state index in [0.29, 0.717) is 38.5 Å². The maximum Gasteiger partial charge on any atom is 0.327 e. The summed E-state index contributed by atoms with van der Waals surface area (Å²) in [6, 6.07) is 0.808. The number of phenols is 1. The summed E-state index contributed by atoms with van der Waals surface area (Å²) in [5.41, 5.74) is 9.04. The van der Waals surface area contributed by atoms with Gasteiger partial charge in [0.25, 0.3) is 0 Å². The maximum absolute atomic E-state index is 15.0. The molecular formula is C73H99N17O17S4. The summed E-state index contributed by atoms with van der Waals surface area (Å²) in [6.45, 7) is 11.6. The molecule has 0 fully saturated rings. The van der Waals surface area contributed by atoms with Crippen molar-refractivity contribution < 1.29 is 82.4 Å². The standard InChI is InChI=1S/C73H99N17O17S4/c1-35(2)20-49(80-62(95)46(74)30-108)64(97)81-50(21-36(3)4)65(98)82-51(22-39-16-18-43(91)19-17-39)66(99)88-57(32-110)71(104)85-54(25-42-29-75-34-78-42)68(101)86-55(26-59(92)93)63(96)79-38(7)61(94)87-56(31-109)70(103)84-52(23-40-27-76-47-14-10-8-12-44(40)47)67(100)83-53(24-41-28-77-48-15-11-9-13-45(41)48)69(102)90-60(37(5)6)72(105)89-58(33-111)73(106)107/h8-19,27-29,34-38,46,49-58,60,76-77,91,108-111H,20-26,30-33,74H2,1-7H3,(H,75,78)(H,79,96)(H,80,95)(H,81,97)(H,82,98)(H,83,100)(H,84,103)(H,85,104)(H,86,101)(H,87,94)(H,88,99)(H,89,105)(H,90,102)(H,92,93)(H,106,107)/t38-,46-,49-,50-,51-,52-,53-,54-,55-,56-,57-,58-,60-/m0/s1. The van der Waals surface area contributed by atoms with Crippen LogP contribution in [0.5, 0.6) is 5.75 Å². The first-order valence-corrected chi connectivity index (χ1v) is 38.3. The van der Waals surface area contributed by atoms with Gasteiger partial charge in [-0.2, -0.15) is 50.5 Å². The van der Waals surface area contributed by atoms with E-state index in [1.807, 2.05) is 13.8 Å². The minimum absolute atomic E-state index is 0.0151. The fourth-order valence-corrected chi connectivity index (χ4v) is 12.6. The van der Waals surface area contributed by atoms with Gasteiger partial charge in [-0.1, -0.05) is 90.1 Å². The smallest absolute Gasteiger partial charge is 0.327 e. The third-order valence-electron chi connectivity index (χ3n) is 17.7. The number of benzene rings is 3. The Balaban J connectivity index is 1.19. The van der Waals surface area contributed by atoms with Crippen LogP contribution in [0.1, 0.15) is 90.1 Å². The van der Waals surface area contributed by atoms with Crippen molar-refractivity contribution in [3.05, 3.63) is 120 Å². The number of carboxylic acids is 2. The van der Waals surface area contributed by atoms with Crippen molar-refractivity contribution in [1.29, 1.82) is 0 Å². The Hall–Kier alpha value is -10.3. The molecule has 20 N–H and O–H groups in total. The average Bonchev–Trinajstić information content (AvgIpc) is 1.72. The molecule has 0 spiro atoms. The number of rotatable bonds is 44. The van der Waals surface area contributed by atoms with Gasteiger partial charge in [-0.15, -0.1) is 0 Å². The number of H-pyrrole nitrogens is 3. The molecule has 6 aromatic rings. The van der Waals surface area contributed by atoms with Gasteiger partial charge in [0.15, 0.2) is 0 Å². The molecule has 602 valence electrons. The molecular weight excluding hydrogens is 1520 g/mol. The van der Waals surface area contributed by atoms with Gasteiger partial charge in [0.05, 0.1) is 18.8 Å². The molecule has 0 aliphatic rings. The number of aliphatic carboxylic acids is 2. The molecule has 0 radical (unpaired) electrons. The van der Waals surface area contributed by atoms with Crippen LogP contribution in [0.15, 0.2) is 97.7 Å². The molecule has 3 heterocycles. The topological polar surface area (TPSA) is 530 Å². The molecule has 34 nitrogen and oxygen atoms in total. The van der Waals surface area contributed by atoms with E-state index in [4.69, 9.17) is 5.73 Å². The number of aromatic hydroxyl groups is 1. The SMILES string of the molecule is CC(C)C[C@H](NC(=O)[C@H](CC(C)C)NC(=O)[C@@H](N)CS)C(=O)N[C@@H](Cc1ccc(O)cc1)C(=O)N[C@@H](CS)C(=O)N[C@@H](Cc1cnc[nH]1)C(=O)N[C@@H](CC(=O)O)C(=O)N[C@@H](C)C(=O)N[C@@H](CS)C(=O)N[C@@H](Cc1c[nH]c2ccccc12)C(=O)N[C@@H](Cc1c[nH]c2ccccc12)C(=O)N[C@H](C(=O)N[C@@H](CS)C(=O)O)C(C)C. The lowest BCUT2D eigenvalue weighted by Gasteiger charge is -2.28. The van der Waals surface area contributed by atoms with Crippen molar-refractivity contribution in [2.75, 3.05) is 23.0 Å². The summed E-state index contributed by atoms with van der Waals surface area (Å²) < 4.78 is 0. The number of thiol groups is 4. The number of hydrogen-bond donors (Lipinski definition) is 23. The van der Waals surface area contributed by atoms with Crippen molar-refractivity contribution in [3.8, 4) is 5.75 Å². The monoisotopic (exact) mass is 1610 g/mol. The van der Waals surface area contributed by atoms with E-state index in [-0.39, 0.29) is 73.3 Å². The van der Waals surface area contributed by atoms with Crippen LogP contribution in [0.2, 0.25) is 0 Å². The number of nitrogens with one attached hydrogen (secondary N) is 15. The molecule has 0 saturated heterocycles. The van der Waals surface area contributed by atoms with Gasteiger partial charge in [-0.05, 0) is 78.5 Å². The summed E-state index contributed by atoms with van der Waals surface area (Å²) in [7, 11) is 0. The largest absolute Gasteiger partial charge is 0.508 e. The molecule has 38 heteroatoms. The number of carbonyl (C=O) groups is 14. The summed E-state index contributed by atoms with van der Waals surface area (Å²) in [5.74, 6) is -16.3. The zero-order valence-corrected chi connectivity index (χ0v) is 65.7. The Bertz CT molecular complexity index is 4240. The molecule has 111 heavy (non-hydrogen) atoms. The Kier molecular flexibility index (Phi) is 35.0. The third kappa shape index (κ3) is 27.3. The predicted molar refractivity (Wildman–Crippen MR) is 424 cm³/mol. The highest BCUT2D eigenvalue weighted by molar-refractivity contribution is 7.80. The molecule has 0 unspecified atom stereocenters. The van der Waals surface area contributed by atoms with Gasteiger partial charge >= 0.3 is 11.9 Å². The van der Waals surface area contributed by atoms with E-state index in [9.17, 15) is 82.4 Å². The minimum Gasteiger partial charge on any atom is -0.508 e. The van der Waals surface area contributed by atoms with E-state index in [2.05, 4.69) is 134 Å². The number of aromatic nitrogens is 4. The number of aromatic amines is 3. The number of nitrogens with zero attached hydrogens (tertiary/aromatic N) is 1. The van der Waals surface area contributed by atoms with Gasteiger partial charge in [0.2, 0.25) is 70.9 Å². The Labute approximate surface area is 662 Å². The zero-order chi connectivity index (χ0) is 81.9. The lowest BCUT2D eigenvalue weighted by Crippen LogP contribution is -2.61. The second-order valence-corrected chi connectivity index (χ2v) is 29.3. The number of nitrogens with two attached hydrogens (primary N) is 1. The summed E-state index contributed by atoms with van der Waals surface area (Å²) in [6.07, 6.45) is 3.94. The summed E-state index contributed by atoms with van der Waals surface area (Å²) >= 11 is 16.8. The summed E-state index contributed by atoms with van der Waals surface area (Å²) in [4.78, 5) is 208. The fourth-order valence-electron chi connectivity index (χ4n) is 11.7. The lowest BCUT2D eigenvalue weighted by atomic mass is 9.99. The van der Waals surface area contributed by atoms with E-state index in [0.717, 1.165) is 0 Å². The molecule has 13 atom stereocenters. The van der Waals surface area contributed by atoms with Crippen LogP contribution >= 0.6 is 50.5 Å². The van der Waals surface area contributed by atoms with Crippen LogP contribution in [0.3, 0.4) is 0 Å². The number of amides is 12. The van der Waals surface area contributed by atoms with E-state index >= 15 is 0 Å². The minimum atomic E-state index is -1.97.